The lowest BCUT2D eigenvalue weighted by Gasteiger charge is -2.15. The molecule has 10 heteroatoms. The van der Waals surface area contributed by atoms with Gasteiger partial charge < -0.3 is 15.6 Å². The van der Waals surface area contributed by atoms with Gasteiger partial charge in [-0.2, -0.15) is 0 Å². The molecule has 36 heavy (non-hydrogen) atoms. The maximum absolute atomic E-state index is 14.0. The van der Waals surface area contributed by atoms with Crippen LogP contribution < -0.4 is 5.73 Å². The van der Waals surface area contributed by atoms with Crippen LogP contribution >= 0.6 is 11.6 Å². The molecule has 0 unspecified atom stereocenters. The Morgan fingerprint density at radius 3 is 2.67 bits per heavy atom. The number of hydrogen-bond donors (Lipinski definition) is 2. The highest BCUT2D eigenvalue weighted by molar-refractivity contribution is 6.31. The summed E-state index contributed by atoms with van der Waals surface area (Å²) in [6.45, 7) is 8.55. The Bertz CT molecular complexity index is 1260. The van der Waals surface area contributed by atoms with Gasteiger partial charge in [-0.25, -0.2) is 18.7 Å². The van der Waals surface area contributed by atoms with E-state index in [9.17, 15) is 13.9 Å². The fourth-order valence-electron chi connectivity index (χ4n) is 3.01. The number of halogens is 3. The highest BCUT2D eigenvalue weighted by Crippen LogP contribution is 2.37. The van der Waals surface area contributed by atoms with Crippen molar-refractivity contribution in [2.24, 2.45) is 16.6 Å². The number of aliphatic imine (C=N–C) groups is 1. The summed E-state index contributed by atoms with van der Waals surface area (Å²) in [5.41, 5.74) is 6.68. The van der Waals surface area contributed by atoms with Crippen molar-refractivity contribution in [2.75, 3.05) is 0 Å². The molecule has 0 bridgehead atoms. The van der Waals surface area contributed by atoms with Crippen molar-refractivity contribution in [2.45, 2.75) is 45.8 Å². The SMILES string of the molecule is C=C(N=C/C(=C/C(Cl)=C(\C=C(\C)N)OCc1ncc(F)cc1F)C1CC1)c1ccnc(C(C)(C)O)n1. The third-order valence-electron chi connectivity index (χ3n) is 5.05. The van der Waals surface area contributed by atoms with E-state index in [1.165, 1.54) is 12.3 Å². The molecule has 7 nitrogen and oxygen atoms in total. The number of aromatic nitrogens is 3. The van der Waals surface area contributed by atoms with Crippen LogP contribution in [0.15, 0.2) is 70.3 Å². The fraction of sp³-hybridized carbons (Fsp3) is 0.308. The van der Waals surface area contributed by atoms with Gasteiger partial charge in [0.25, 0.3) is 0 Å². The number of nitrogens with zero attached hydrogens (tertiary/aromatic N) is 4. The van der Waals surface area contributed by atoms with E-state index in [4.69, 9.17) is 22.1 Å². The summed E-state index contributed by atoms with van der Waals surface area (Å²) in [6.07, 6.45) is 9.27. The maximum atomic E-state index is 14.0. The third kappa shape index (κ3) is 7.79. The summed E-state index contributed by atoms with van der Waals surface area (Å²) < 4.78 is 32.8. The quantitative estimate of drug-likeness (QED) is 0.253. The first-order valence-electron chi connectivity index (χ1n) is 11.2. The van der Waals surface area contributed by atoms with Gasteiger partial charge in [-0.15, -0.1) is 0 Å². The highest BCUT2D eigenvalue weighted by Gasteiger charge is 2.26. The second-order valence-electron chi connectivity index (χ2n) is 8.92. The normalized spacial score (nSPS) is 15.8. The minimum absolute atomic E-state index is 0.0685. The molecule has 0 saturated heterocycles. The van der Waals surface area contributed by atoms with Crippen LogP contribution in [0.1, 0.15) is 50.8 Å². The molecule has 190 valence electrons. The Balaban J connectivity index is 1.85. The summed E-state index contributed by atoms with van der Waals surface area (Å²) in [5.74, 6) is -0.875. The molecule has 1 aliphatic rings. The molecular weight excluding hydrogens is 488 g/mol. The Morgan fingerprint density at radius 2 is 2.06 bits per heavy atom. The monoisotopic (exact) mass is 515 g/mol. The van der Waals surface area contributed by atoms with Crippen LogP contribution in [0, 0.1) is 17.6 Å². The molecule has 3 N–H and O–H groups in total. The number of pyridine rings is 1. The molecule has 0 aromatic carbocycles. The van der Waals surface area contributed by atoms with Gasteiger partial charge in [-0.3, -0.25) is 9.98 Å². The summed E-state index contributed by atoms with van der Waals surface area (Å²) in [7, 11) is 0. The lowest BCUT2D eigenvalue weighted by molar-refractivity contribution is 0.0686. The smallest absolute Gasteiger partial charge is 0.160 e. The van der Waals surface area contributed by atoms with Crippen molar-refractivity contribution in [1.29, 1.82) is 0 Å². The van der Waals surface area contributed by atoms with Crippen LogP contribution in [0.4, 0.5) is 8.78 Å². The molecule has 0 radical (unpaired) electrons. The van der Waals surface area contributed by atoms with Gasteiger partial charge in [0.15, 0.2) is 11.6 Å². The molecule has 1 saturated carbocycles. The van der Waals surface area contributed by atoms with Gasteiger partial charge in [0.05, 0.1) is 22.6 Å². The Morgan fingerprint density at radius 1 is 1.33 bits per heavy atom. The van der Waals surface area contributed by atoms with Gasteiger partial charge in [-0.1, -0.05) is 18.2 Å². The largest absolute Gasteiger partial charge is 0.486 e. The van der Waals surface area contributed by atoms with Gasteiger partial charge >= 0.3 is 0 Å². The zero-order valence-electron chi connectivity index (χ0n) is 20.3. The van der Waals surface area contributed by atoms with E-state index in [0.717, 1.165) is 30.7 Å². The standard InChI is InChI=1S/C26H28ClF2N5O2/c1-15(30)9-24(36-14-23-21(29)11-19(28)13-33-23)20(27)10-18(17-5-6-17)12-32-16(2)22-7-8-31-25(34-22)26(3,4)35/h7-13,17,35H,2,5-6,14,30H2,1,3-4H3/b15-9-,18-10-,24-20-,32-12?. The second kappa shape index (κ2) is 11.5. The van der Waals surface area contributed by atoms with Gasteiger partial charge in [0.2, 0.25) is 0 Å². The van der Waals surface area contributed by atoms with Gasteiger partial charge in [-0.05, 0) is 57.2 Å². The molecule has 2 aromatic heterocycles. The number of aliphatic hydroxyl groups is 1. The molecule has 2 heterocycles. The first-order valence-corrected chi connectivity index (χ1v) is 11.6. The van der Waals surface area contributed by atoms with Crippen LogP contribution in [0.5, 0.6) is 0 Å². The molecule has 1 aliphatic carbocycles. The van der Waals surface area contributed by atoms with Crippen LogP contribution in [0.3, 0.4) is 0 Å². The van der Waals surface area contributed by atoms with Crippen molar-refractivity contribution >= 4 is 23.5 Å². The summed E-state index contributed by atoms with van der Waals surface area (Å²) in [5, 5.41) is 10.4. The summed E-state index contributed by atoms with van der Waals surface area (Å²) >= 11 is 6.56. The molecule has 0 amide bonds. The molecule has 1 fully saturated rings. The minimum Gasteiger partial charge on any atom is -0.486 e. The lowest BCUT2D eigenvalue weighted by atomic mass is 10.1. The van der Waals surface area contributed by atoms with E-state index in [0.29, 0.717) is 17.1 Å². The number of rotatable bonds is 10. The van der Waals surface area contributed by atoms with E-state index in [1.54, 1.807) is 39.1 Å². The highest BCUT2D eigenvalue weighted by atomic mass is 35.5. The van der Waals surface area contributed by atoms with Crippen molar-refractivity contribution in [1.82, 2.24) is 15.0 Å². The van der Waals surface area contributed by atoms with Crippen molar-refractivity contribution < 1.29 is 18.6 Å². The van der Waals surface area contributed by atoms with Crippen LogP contribution in [-0.4, -0.2) is 26.3 Å². The predicted octanol–water partition coefficient (Wildman–Crippen LogP) is 5.28. The third-order valence-corrected chi connectivity index (χ3v) is 5.35. The first kappa shape index (κ1) is 27.2. The molecule has 0 atom stereocenters. The van der Waals surface area contributed by atoms with Crippen LogP contribution in [0.25, 0.3) is 5.70 Å². The van der Waals surface area contributed by atoms with E-state index >= 15 is 0 Å². The summed E-state index contributed by atoms with van der Waals surface area (Å²) in [4.78, 5) is 16.6. The Hall–Kier alpha value is -3.43. The fourth-order valence-corrected chi connectivity index (χ4v) is 3.24. The molecule has 0 spiro atoms. The number of allylic oxidation sites excluding steroid dienone is 5. The number of nitrogens with two attached hydrogens (primary N) is 1. The zero-order valence-corrected chi connectivity index (χ0v) is 21.1. The average Bonchev–Trinajstić information content (AvgIpc) is 3.64. The van der Waals surface area contributed by atoms with Crippen molar-refractivity contribution in [3.8, 4) is 0 Å². The molecule has 0 aliphatic heterocycles. The van der Waals surface area contributed by atoms with Crippen molar-refractivity contribution in [3.05, 3.63) is 94.2 Å². The van der Waals surface area contributed by atoms with Gasteiger partial charge in [0.1, 0.15) is 29.5 Å². The van der Waals surface area contributed by atoms with Crippen molar-refractivity contribution in [3.63, 3.8) is 0 Å². The van der Waals surface area contributed by atoms with E-state index in [-0.39, 0.29) is 34.8 Å². The molecule has 3 rings (SSSR count). The van der Waals surface area contributed by atoms with E-state index in [2.05, 4.69) is 26.5 Å². The predicted molar refractivity (Wildman–Crippen MR) is 135 cm³/mol. The number of hydrogen-bond acceptors (Lipinski definition) is 7. The summed E-state index contributed by atoms with van der Waals surface area (Å²) in [6, 6.07) is 2.39. The number of ether oxygens (including phenoxy) is 1. The average molecular weight is 516 g/mol. The minimum atomic E-state index is -1.20. The lowest BCUT2D eigenvalue weighted by Crippen LogP contribution is -2.20. The Kier molecular flexibility index (Phi) is 8.70. The molecular formula is C26H28ClF2N5O2. The van der Waals surface area contributed by atoms with E-state index in [1.807, 2.05) is 0 Å². The first-order chi connectivity index (χ1) is 16.9. The maximum Gasteiger partial charge on any atom is 0.160 e. The van der Waals surface area contributed by atoms with Crippen LogP contribution in [0.2, 0.25) is 0 Å². The second-order valence-corrected chi connectivity index (χ2v) is 9.33. The zero-order chi connectivity index (χ0) is 26.5. The molecule has 2 aromatic rings. The van der Waals surface area contributed by atoms with E-state index < -0.39 is 17.2 Å². The topological polar surface area (TPSA) is 107 Å². The van der Waals surface area contributed by atoms with Gasteiger partial charge in [0, 0.05) is 30.3 Å². The Labute approximate surface area is 213 Å². The van der Waals surface area contributed by atoms with Crippen LogP contribution in [-0.2, 0) is 16.9 Å².